The van der Waals surface area contributed by atoms with Crippen LogP contribution in [0.4, 0.5) is 5.69 Å². The molecule has 0 radical (unpaired) electrons. The molecule has 0 aliphatic carbocycles. The smallest absolute Gasteiger partial charge is 0.227 e. The van der Waals surface area contributed by atoms with Crippen molar-refractivity contribution in [3.05, 3.63) is 42.0 Å². The third-order valence-electron chi connectivity index (χ3n) is 3.93. The van der Waals surface area contributed by atoms with Gasteiger partial charge in [-0.2, -0.15) is 0 Å². The normalized spacial score (nSPS) is 10.8. The third kappa shape index (κ3) is 3.21. The lowest BCUT2D eigenvalue weighted by molar-refractivity contribution is -0.120. The minimum atomic E-state index is -0.252. The van der Waals surface area contributed by atoms with Gasteiger partial charge in [-0.3, -0.25) is 4.79 Å². The van der Waals surface area contributed by atoms with Gasteiger partial charge >= 0.3 is 0 Å². The van der Waals surface area contributed by atoms with Crippen LogP contribution in [-0.2, 0) is 9.59 Å². The third-order valence-corrected chi connectivity index (χ3v) is 3.93. The number of fused-ring (bicyclic) bond motifs is 1. The first-order valence-electron chi connectivity index (χ1n) is 7.87. The number of hydrogen-bond acceptors (Lipinski definition) is 5. The van der Waals surface area contributed by atoms with E-state index in [1.165, 1.54) is 9.70 Å². The fourth-order valence-corrected chi connectivity index (χ4v) is 2.60. The molecule has 7 nitrogen and oxygen atoms in total. The van der Waals surface area contributed by atoms with E-state index in [-0.39, 0.29) is 24.5 Å². The van der Waals surface area contributed by atoms with Crippen molar-refractivity contribution in [3.63, 3.8) is 0 Å². The molecule has 25 heavy (non-hydrogen) atoms. The lowest BCUT2D eigenvalue weighted by Crippen LogP contribution is -2.26. The number of aryl methyl sites for hydroxylation is 1. The number of anilines is 1. The number of amides is 1. The van der Waals surface area contributed by atoms with Gasteiger partial charge in [-0.25, -0.2) is 0 Å². The summed E-state index contributed by atoms with van der Waals surface area (Å²) in [5, 5.41) is 19.4. The summed E-state index contributed by atoms with van der Waals surface area (Å²) in [6.07, 6.45) is 0.938. The molecule has 0 aliphatic rings. The minimum absolute atomic E-state index is 0.0899. The van der Waals surface area contributed by atoms with Gasteiger partial charge in [0.2, 0.25) is 5.91 Å². The van der Waals surface area contributed by atoms with Gasteiger partial charge < -0.3 is 14.8 Å². The molecule has 0 atom stereocenters. The first kappa shape index (κ1) is 16.6. The van der Waals surface area contributed by atoms with E-state index in [9.17, 15) is 14.7 Å². The Labute approximate surface area is 144 Å². The molecule has 3 rings (SSSR count). The van der Waals surface area contributed by atoms with Crippen LogP contribution in [0.5, 0.6) is 5.75 Å². The molecule has 1 amide bonds. The molecule has 128 valence electrons. The van der Waals surface area contributed by atoms with E-state index in [0.29, 0.717) is 28.7 Å². The van der Waals surface area contributed by atoms with Crippen LogP contribution < -0.4 is 4.90 Å². The lowest BCUT2D eigenvalue weighted by atomic mass is 10.1. The molecule has 0 unspecified atom stereocenters. The number of benzene rings is 2. The summed E-state index contributed by atoms with van der Waals surface area (Å²) in [7, 11) is 1.57. The maximum atomic E-state index is 12.2. The predicted molar refractivity (Wildman–Crippen MR) is 94.0 cm³/mol. The highest BCUT2D eigenvalue weighted by Gasteiger charge is 2.19. The summed E-state index contributed by atoms with van der Waals surface area (Å²) in [4.78, 5) is 25.4. The number of nitrogens with zero attached hydrogens (tertiary/aromatic N) is 4. The van der Waals surface area contributed by atoms with Crippen molar-refractivity contribution in [1.82, 2.24) is 15.0 Å². The van der Waals surface area contributed by atoms with Crippen molar-refractivity contribution < 1.29 is 14.7 Å². The Bertz CT molecular complexity index is 916. The van der Waals surface area contributed by atoms with Crippen molar-refractivity contribution in [2.24, 2.45) is 0 Å². The van der Waals surface area contributed by atoms with Gasteiger partial charge in [0.15, 0.2) is 5.75 Å². The fourth-order valence-electron chi connectivity index (χ4n) is 2.60. The zero-order valence-electron chi connectivity index (χ0n) is 14.0. The second-order valence-electron chi connectivity index (χ2n) is 5.79. The van der Waals surface area contributed by atoms with Gasteiger partial charge in [-0.1, -0.05) is 12.1 Å². The molecule has 0 saturated carbocycles. The average Bonchev–Trinajstić information content (AvgIpc) is 3.04. The van der Waals surface area contributed by atoms with Crippen LogP contribution in [0.25, 0.3) is 16.7 Å². The molecule has 1 aromatic heterocycles. The minimum Gasteiger partial charge on any atom is -0.504 e. The lowest BCUT2D eigenvalue weighted by Gasteiger charge is -2.20. The van der Waals surface area contributed by atoms with Crippen molar-refractivity contribution >= 4 is 28.9 Å². The molecule has 0 fully saturated rings. The Morgan fingerprint density at radius 2 is 1.88 bits per heavy atom. The highest BCUT2D eigenvalue weighted by Crippen LogP contribution is 2.34. The van der Waals surface area contributed by atoms with E-state index in [1.54, 1.807) is 19.2 Å². The number of aromatic nitrogens is 3. The molecule has 1 N–H and O–H groups in total. The van der Waals surface area contributed by atoms with Gasteiger partial charge in [0.05, 0.1) is 5.69 Å². The number of carbonyl (C=O) groups excluding carboxylic acids is 2. The maximum absolute atomic E-state index is 12.2. The standard InChI is InChI=1S/C18H18N4O3/c1-12-10-15(21(2)17(24)8-5-9-23)18(25)16(11-12)22-19-13-6-3-4-7-14(13)20-22/h3-4,6-7,9-11,25H,5,8H2,1-2H3. The highest BCUT2D eigenvalue weighted by atomic mass is 16.3. The zero-order chi connectivity index (χ0) is 18.0. The topological polar surface area (TPSA) is 88.3 Å². The van der Waals surface area contributed by atoms with E-state index in [1.807, 2.05) is 31.2 Å². The summed E-state index contributed by atoms with van der Waals surface area (Å²) >= 11 is 0. The summed E-state index contributed by atoms with van der Waals surface area (Å²) < 4.78 is 0. The molecular weight excluding hydrogens is 320 g/mol. The maximum Gasteiger partial charge on any atom is 0.227 e. The molecule has 7 heteroatoms. The second kappa shape index (κ2) is 6.72. The van der Waals surface area contributed by atoms with Crippen LogP contribution in [0.1, 0.15) is 18.4 Å². The number of carbonyl (C=O) groups is 2. The van der Waals surface area contributed by atoms with Crippen LogP contribution in [0.2, 0.25) is 0 Å². The number of aldehydes is 1. The SMILES string of the molecule is Cc1cc(N(C)C(=O)CCC=O)c(O)c(-n2nc3ccccc3n2)c1. The van der Waals surface area contributed by atoms with Crippen LogP contribution in [0.3, 0.4) is 0 Å². The van der Waals surface area contributed by atoms with Crippen molar-refractivity contribution in [2.75, 3.05) is 11.9 Å². The Hall–Kier alpha value is -3.22. The number of rotatable bonds is 5. The zero-order valence-corrected chi connectivity index (χ0v) is 14.0. The largest absolute Gasteiger partial charge is 0.504 e. The monoisotopic (exact) mass is 338 g/mol. The van der Waals surface area contributed by atoms with Gasteiger partial charge in [-0.05, 0) is 36.8 Å². The van der Waals surface area contributed by atoms with Crippen LogP contribution in [0.15, 0.2) is 36.4 Å². The van der Waals surface area contributed by atoms with Crippen molar-refractivity contribution in [1.29, 1.82) is 0 Å². The number of hydrogen-bond donors (Lipinski definition) is 1. The number of phenolic OH excluding ortho intramolecular Hbond substituents is 1. The molecule has 0 saturated heterocycles. The van der Waals surface area contributed by atoms with Crippen LogP contribution >= 0.6 is 0 Å². The molecule has 3 aromatic rings. The van der Waals surface area contributed by atoms with Crippen LogP contribution in [-0.4, -0.2) is 39.3 Å². The highest BCUT2D eigenvalue weighted by molar-refractivity contribution is 5.96. The summed E-state index contributed by atoms with van der Waals surface area (Å²) in [6.45, 7) is 1.86. The summed E-state index contributed by atoms with van der Waals surface area (Å²) in [6, 6.07) is 10.9. The van der Waals surface area contributed by atoms with E-state index >= 15 is 0 Å². The molecule has 1 heterocycles. The molecule has 0 spiro atoms. The summed E-state index contributed by atoms with van der Waals surface area (Å²) in [5.41, 5.74) is 3.01. The van der Waals surface area contributed by atoms with E-state index < -0.39 is 0 Å². The van der Waals surface area contributed by atoms with Gasteiger partial charge in [-0.15, -0.1) is 15.0 Å². The van der Waals surface area contributed by atoms with Gasteiger partial charge in [0.25, 0.3) is 0 Å². The number of aromatic hydroxyl groups is 1. The Kier molecular flexibility index (Phi) is 4.47. The second-order valence-corrected chi connectivity index (χ2v) is 5.79. The molecule has 2 aromatic carbocycles. The molecule has 0 aliphatic heterocycles. The first-order chi connectivity index (χ1) is 12.0. The van der Waals surface area contributed by atoms with E-state index in [0.717, 1.165) is 5.56 Å². The van der Waals surface area contributed by atoms with Crippen LogP contribution in [0, 0.1) is 6.92 Å². The van der Waals surface area contributed by atoms with Gasteiger partial charge in [0, 0.05) is 19.9 Å². The van der Waals surface area contributed by atoms with Gasteiger partial charge in [0.1, 0.15) is 23.0 Å². The van der Waals surface area contributed by atoms with E-state index in [2.05, 4.69) is 10.2 Å². The Morgan fingerprint density at radius 1 is 1.24 bits per heavy atom. The Morgan fingerprint density at radius 3 is 2.48 bits per heavy atom. The number of phenols is 1. The summed E-state index contributed by atoms with van der Waals surface area (Å²) in [5.74, 6) is -0.342. The Balaban J connectivity index is 2.05. The quantitative estimate of drug-likeness (QED) is 0.722. The molecular formula is C18H18N4O3. The van der Waals surface area contributed by atoms with Crippen molar-refractivity contribution in [3.8, 4) is 11.4 Å². The molecule has 0 bridgehead atoms. The first-order valence-corrected chi connectivity index (χ1v) is 7.87. The predicted octanol–water partition coefficient (Wildman–Crippen LogP) is 2.38. The van der Waals surface area contributed by atoms with E-state index in [4.69, 9.17) is 0 Å². The average molecular weight is 338 g/mol. The fraction of sp³-hybridized carbons (Fsp3) is 0.222. The van der Waals surface area contributed by atoms with Crippen molar-refractivity contribution in [2.45, 2.75) is 19.8 Å².